The number of hydrogen-bond acceptors (Lipinski definition) is 5. The minimum Gasteiger partial charge on any atom is -0.495 e. The summed E-state index contributed by atoms with van der Waals surface area (Å²) in [7, 11) is -0.956. The highest BCUT2D eigenvalue weighted by molar-refractivity contribution is 7.92. The van der Waals surface area contributed by atoms with Crippen LogP contribution in [0.1, 0.15) is 12.0 Å². The number of anilines is 2. The van der Waals surface area contributed by atoms with E-state index >= 15 is 0 Å². The van der Waals surface area contributed by atoms with Gasteiger partial charge < -0.3 is 14.4 Å². The van der Waals surface area contributed by atoms with Crippen molar-refractivity contribution < 1.29 is 22.7 Å². The molecule has 29 heavy (non-hydrogen) atoms. The van der Waals surface area contributed by atoms with Crippen LogP contribution >= 0.6 is 11.6 Å². The SMILES string of the molecule is COc1cc(N(CC(=O)N2CCCc3ccccc32)S(C)(=O)=O)c(OC)cc1Cl. The first-order valence-electron chi connectivity index (χ1n) is 9.03. The first kappa shape index (κ1) is 21.3. The summed E-state index contributed by atoms with van der Waals surface area (Å²) in [4.78, 5) is 14.8. The number of amides is 1. The van der Waals surface area contributed by atoms with Gasteiger partial charge in [-0.25, -0.2) is 8.42 Å². The maximum atomic E-state index is 13.1. The highest BCUT2D eigenvalue weighted by Gasteiger charge is 2.29. The molecule has 0 bridgehead atoms. The predicted molar refractivity (Wildman–Crippen MR) is 114 cm³/mol. The number of hydrogen-bond donors (Lipinski definition) is 0. The number of carbonyl (C=O) groups is 1. The number of ether oxygens (including phenoxy) is 2. The van der Waals surface area contributed by atoms with Gasteiger partial charge in [-0.05, 0) is 24.5 Å². The number of para-hydroxylation sites is 1. The zero-order valence-corrected chi connectivity index (χ0v) is 18.1. The van der Waals surface area contributed by atoms with E-state index in [1.54, 1.807) is 4.90 Å². The third-order valence-electron chi connectivity index (χ3n) is 4.81. The molecule has 0 saturated heterocycles. The topological polar surface area (TPSA) is 76.2 Å². The Morgan fingerprint density at radius 3 is 2.52 bits per heavy atom. The molecule has 1 amide bonds. The standard InChI is InChI=1S/C20H23ClN2O5S/c1-27-18-12-17(19(28-2)11-15(18)21)23(29(3,25)26)13-20(24)22-10-6-8-14-7-4-5-9-16(14)22/h4-5,7,9,11-12H,6,8,10,13H2,1-3H3. The molecule has 9 heteroatoms. The van der Waals surface area contributed by atoms with E-state index in [1.807, 2.05) is 24.3 Å². The van der Waals surface area contributed by atoms with Crippen molar-refractivity contribution in [1.29, 1.82) is 0 Å². The molecule has 2 aromatic carbocycles. The highest BCUT2D eigenvalue weighted by Crippen LogP contribution is 2.39. The van der Waals surface area contributed by atoms with Gasteiger partial charge in [-0.15, -0.1) is 0 Å². The molecule has 156 valence electrons. The van der Waals surface area contributed by atoms with Crippen molar-refractivity contribution in [1.82, 2.24) is 0 Å². The maximum Gasteiger partial charge on any atom is 0.247 e. The lowest BCUT2D eigenvalue weighted by Gasteiger charge is -2.32. The second-order valence-corrected chi connectivity index (χ2v) is 9.02. The predicted octanol–water partition coefficient (Wildman–Crippen LogP) is 3.10. The fraction of sp³-hybridized carbons (Fsp3) is 0.350. The maximum absolute atomic E-state index is 13.1. The van der Waals surface area contributed by atoms with E-state index in [9.17, 15) is 13.2 Å². The number of carbonyl (C=O) groups excluding carboxylic acids is 1. The summed E-state index contributed by atoms with van der Waals surface area (Å²) in [6.45, 7) is 0.169. The minimum absolute atomic E-state index is 0.190. The van der Waals surface area contributed by atoms with Crippen LogP contribution in [0.15, 0.2) is 36.4 Å². The number of rotatable bonds is 6. The van der Waals surface area contributed by atoms with Gasteiger partial charge in [-0.2, -0.15) is 0 Å². The third-order valence-corrected chi connectivity index (χ3v) is 6.23. The van der Waals surface area contributed by atoms with Crippen LogP contribution in [0.3, 0.4) is 0 Å². The highest BCUT2D eigenvalue weighted by atomic mass is 35.5. The van der Waals surface area contributed by atoms with Crippen molar-refractivity contribution in [2.75, 3.05) is 42.8 Å². The Morgan fingerprint density at radius 1 is 1.17 bits per heavy atom. The Kier molecular flexibility index (Phi) is 6.24. The lowest BCUT2D eigenvalue weighted by Crippen LogP contribution is -2.44. The monoisotopic (exact) mass is 438 g/mol. The average Bonchev–Trinajstić information content (AvgIpc) is 2.70. The van der Waals surface area contributed by atoms with E-state index < -0.39 is 10.0 Å². The van der Waals surface area contributed by atoms with Gasteiger partial charge in [-0.1, -0.05) is 29.8 Å². The van der Waals surface area contributed by atoms with E-state index in [0.29, 0.717) is 6.54 Å². The Morgan fingerprint density at radius 2 is 1.86 bits per heavy atom. The molecule has 0 aromatic heterocycles. The molecule has 1 heterocycles. The molecule has 1 aliphatic rings. The van der Waals surface area contributed by atoms with Gasteiger partial charge in [0, 0.05) is 24.4 Å². The zero-order valence-electron chi connectivity index (χ0n) is 16.5. The molecule has 0 saturated carbocycles. The van der Waals surface area contributed by atoms with Gasteiger partial charge in [0.15, 0.2) is 0 Å². The molecule has 0 aliphatic carbocycles. The Balaban J connectivity index is 2.00. The number of benzene rings is 2. The molecule has 0 radical (unpaired) electrons. The largest absolute Gasteiger partial charge is 0.495 e. The third kappa shape index (κ3) is 4.43. The summed E-state index contributed by atoms with van der Waals surface area (Å²) in [6.07, 6.45) is 2.75. The molecule has 2 aromatic rings. The second-order valence-electron chi connectivity index (χ2n) is 6.71. The van der Waals surface area contributed by atoms with Crippen molar-refractivity contribution in [2.24, 2.45) is 0 Å². The van der Waals surface area contributed by atoms with E-state index in [4.69, 9.17) is 21.1 Å². The number of methoxy groups -OCH3 is 2. The number of sulfonamides is 1. The lowest BCUT2D eigenvalue weighted by molar-refractivity contribution is -0.117. The minimum atomic E-state index is -3.79. The summed E-state index contributed by atoms with van der Waals surface area (Å²) in [5.41, 5.74) is 2.08. The molecule has 0 fully saturated rings. The molecule has 1 aliphatic heterocycles. The summed E-state index contributed by atoms with van der Waals surface area (Å²) in [6, 6.07) is 10.6. The van der Waals surface area contributed by atoms with Gasteiger partial charge in [0.1, 0.15) is 18.0 Å². The van der Waals surface area contributed by atoms with Crippen molar-refractivity contribution in [3.8, 4) is 11.5 Å². The lowest BCUT2D eigenvalue weighted by atomic mass is 10.0. The zero-order chi connectivity index (χ0) is 21.2. The van der Waals surface area contributed by atoms with Crippen molar-refractivity contribution in [2.45, 2.75) is 12.8 Å². The molecule has 0 unspecified atom stereocenters. The van der Waals surface area contributed by atoms with E-state index in [1.165, 1.54) is 26.4 Å². The number of halogens is 1. The van der Waals surface area contributed by atoms with Gasteiger partial charge in [0.05, 0.1) is 31.2 Å². The quantitative estimate of drug-likeness (QED) is 0.692. The molecule has 3 rings (SSSR count). The number of aryl methyl sites for hydroxylation is 1. The number of nitrogens with zero attached hydrogens (tertiary/aromatic N) is 2. The van der Waals surface area contributed by atoms with Gasteiger partial charge in [-0.3, -0.25) is 9.10 Å². The molecule has 0 spiro atoms. The second kappa shape index (κ2) is 8.51. The summed E-state index contributed by atoms with van der Waals surface area (Å²) in [5.74, 6) is 0.193. The van der Waals surface area contributed by atoms with Gasteiger partial charge in [0.25, 0.3) is 0 Å². The van der Waals surface area contributed by atoms with Crippen molar-refractivity contribution in [3.63, 3.8) is 0 Å². The summed E-state index contributed by atoms with van der Waals surface area (Å²) in [5, 5.41) is 0.276. The Labute approximate surface area is 175 Å². The van der Waals surface area contributed by atoms with Crippen LogP contribution in [0.2, 0.25) is 5.02 Å². The van der Waals surface area contributed by atoms with E-state index in [0.717, 1.165) is 34.7 Å². The Hall–Kier alpha value is -2.45. The first-order chi connectivity index (χ1) is 13.8. The number of fused-ring (bicyclic) bond motifs is 1. The van der Waals surface area contributed by atoms with Gasteiger partial charge in [0.2, 0.25) is 15.9 Å². The fourth-order valence-electron chi connectivity index (χ4n) is 3.42. The normalized spacial score (nSPS) is 13.6. The van der Waals surface area contributed by atoms with Crippen molar-refractivity contribution >= 4 is 38.9 Å². The molecule has 7 nitrogen and oxygen atoms in total. The summed E-state index contributed by atoms with van der Waals surface area (Å²) < 4.78 is 36.7. The van der Waals surface area contributed by atoms with Crippen LogP contribution in [-0.2, 0) is 21.2 Å². The summed E-state index contributed by atoms with van der Waals surface area (Å²) >= 11 is 6.13. The van der Waals surface area contributed by atoms with Crippen LogP contribution in [0.4, 0.5) is 11.4 Å². The van der Waals surface area contributed by atoms with Crippen molar-refractivity contribution in [3.05, 3.63) is 47.0 Å². The first-order valence-corrected chi connectivity index (χ1v) is 11.3. The average molecular weight is 439 g/mol. The molecule has 0 atom stereocenters. The Bertz CT molecular complexity index is 1030. The van der Waals surface area contributed by atoms with E-state index in [2.05, 4.69) is 0 Å². The van der Waals surface area contributed by atoms with Crippen LogP contribution < -0.4 is 18.7 Å². The van der Waals surface area contributed by atoms with Crippen LogP contribution in [0, 0.1) is 0 Å². The smallest absolute Gasteiger partial charge is 0.247 e. The molecular formula is C20H23ClN2O5S. The fourth-order valence-corrected chi connectivity index (χ4v) is 4.50. The van der Waals surface area contributed by atoms with Crippen LogP contribution in [0.25, 0.3) is 0 Å². The van der Waals surface area contributed by atoms with Crippen LogP contribution in [0.5, 0.6) is 11.5 Å². The van der Waals surface area contributed by atoms with E-state index in [-0.39, 0.29) is 34.7 Å². The molecular weight excluding hydrogens is 416 g/mol. The van der Waals surface area contributed by atoms with Gasteiger partial charge >= 0.3 is 0 Å². The molecule has 0 N–H and O–H groups in total. The van der Waals surface area contributed by atoms with Crippen LogP contribution in [-0.4, -0.2) is 47.9 Å².